The van der Waals surface area contributed by atoms with Crippen molar-refractivity contribution in [2.75, 3.05) is 19.5 Å². The molecule has 1 aromatic carbocycles. The molecule has 1 heterocycles. The van der Waals surface area contributed by atoms with Gasteiger partial charge in [-0.15, -0.1) is 0 Å². The van der Waals surface area contributed by atoms with Crippen molar-refractivity contribution in [3.63, 3.8) is 0 Å². The fourth-order valence-corrected chi connectivity index (χ4v) is 1.99. The molecule has 5 nitrogen and oxygen atoms in total. The maximum Gasteiger partial charge on any atom is 0.252 e. The molecular weight excluding hydrogens is 290 g/mol. The van der Waals surface area contributed by atoms with Crippen LogP contribution in [0.1, 0.15) is 15.9 Å². The van der Waals surface area contributed by atoms with E-state index in [1.807, 2.05) is 12.1 Å². The van der Waals surface area contributed by atoms with Crippen molar-refractivity contribution in [1.29, 1.82) is 0 Å². The van der Waals surface area contributed by atoms with Gasteiger partial charge in [0, 0.05) is 31.5 Å². The first kappa shape index (κ1) is 15.1. The summed E-state index contributed by atoms with van der Waals surface area (Å²) in [4.78, 5) is 15.8. The Bertz CT molecular complexity index is 629. The summed E-state index contributed by atoms with van der Waals surface area (Å²) in [5.74, 6) is 0.363. The number of hydrogen-bond donors (Lipinski definition) is 2. The third kappa shape index (κ3) is 3.86. The van der Waals surface area contributed by atoms with Gasteiger partial charge in [-0.3, -0.25) is 4.79 Å². The molecule has 0 radical (unpaired) electrons. The number of anilines is 1. The number of nitrogens with zero attached hydrogens (tertiary/aromatic N) is 1. The number of methoxy groups -OCH3 is 1. The predicted molar refractivity (Wildman–Crippen MR) is 83.0 cm³/mol. The molecule has 2 aromatic rings. The number of amides is 1. The van der Waals surface area contributed by atoms with E-state index in [9.17, 15) is 4.79 Å². The number of carbonyl (C=O) groups excluding carboxylic acids is 1. The first-order chi connectivity index (χ1) is 10.1. The molecule has 110 valence electrons. The number of rotatable bonds is 5. The number of nitrogens with one attached hydrogen (secondary N) is 2. The van der Waals surface area contributed by atoms with Crippen molar-refractivity contribution in [3.05, 3.63) is 52.7 Å². The summed E-state index contributed by atoms with van der Waals surface area (Å²) in [6, 6.07) is 8.97. The second-order valence-corrected chi connectivity index (χ2v) is 4.74. The summed E-state index contributed by atoms with van der Waals surface area (Å²) in [7, 11) is 3.15. The fraction of sp³-hybridized carbons (Fsp3) is 0.200. The lowest BCUT2D eigenvalue weighted by Crippen LogP contribution is -2.18. The molecule has 1 amide bonds. The molecule has 6 heteroatoms. The quantitative estimate of drug-likeness (QED) is 0.891. The molecule has 0 spiro atoms. The molecule has 0 aliphatic rings. The summed E-state index contributed by atoms with van der Waals surface area (Å²) in [6.07, 6.45) is 1.74. The van der Waals surface area contributed by atoms with Gasteiger partial charge in [0.1, 0.15) is 0 Å². The Labute approximate surface area is 128 Å². The summed E-state index contributed by atoms with van der Waals surface area (Å²) >= 11 is 6.01. The number of carbonyl (C=O) groups is 1. The highest BCUT2D eigenvalue weighted by Crippen LogP contribution is 2.21. The van der Waals surface area contributed by atoms with Crippen LogP contribution in [0.15, 0.2) is 36.5 Å². The van der Waals surface area contributed by atoms with Crippen LogP contribution in [-0.4, -0.2) is 25.0 Å². The van der Waals surface area contributed by atoms with E-state index in [4.69, 9.17) is 16.3 Å². The molecule has 0 aliphatic carbocycles. The van der Waals surface area contributed by atoms with E-state index >= 15 is 0 Å². The molecule has 0 saturated heterocycles. The fourth-order valence-electron chi connectivity index (χ4n) is 1.78. The second kappa shape index (κ2) is 6.95. The van der Waals surface area contributed by atoms with E-state index in [2.05, 4.69) is 15.6 Å². The standard InChI is InChI=1S/C15H16ClN3O2/c1-17-15(20)12-7-11(4-5-13(12)16)18-8-10-3-6-14(21-2)19-9-10/h3-7,9,18H,8H2,1-2H3,(H,17,20). The van der Waals surface area contributed by atoms with Crippen LogP contribution in [0.25, 0.3) is 0 Å². The number of pyridine rings is 1. The molecule has 0 saturated carbocycles. The van der Waals surface area contributed by atoms with Crippen LogP contribution in [0.3, 0.4) is 0 Å². The average molecular weight is 306 g/mol. The lowest BCUT2D eigenvalue weighted by Gasteiger charge is -2.09. The first-order valence-corrected chi connectivity index (χ1v) is 6.76. The van der Waals surface area contributed by atoms with Crippen molar-refractivity contribution < 1.29 is 9.53 Å². The normalized spacial score (nSPS) is 10.0. The Morgan fingerprint density at radius 3 is 2.76 bits per heavy atom. The molecular formula is C15H16ClN3O2. The Kier molecular flexibility index (Phi) is 5.00. The minimum absolute atomic E-state index is 0.213. The van der Waals surface area contributed by atoms with Gasteiger partial charge in [-0.05, 0) is 23.8 Å². The zero-order valence-corrected chi connectivity index (χ0v) is 12.6. The van der Waals surface area contributed by atoms with Crippen molar-refractivity contribution >= 4 is 23.2 Å². The lowest BCUT2D eigenvalue weighted by molar-refractivity contribution is 0.0963. The number of aromatic nitrogens is 1. The van der Waals surface area contributed by atoms with Crippen LogP contribution in [0.2, 0.25) is 5.02 Å². The summed E-state index contributed by atoms with van der Waals surface area (Å²) in [5.41, 5.74) is 2.26. The van der Waals surface area contributed by atoms with E-state index in [1.165, 1.54) is 0 Å². The summed E-state index contributed by atoms with van der Waals surface area (Å²) < 4.78 is 5.01. The van der Waals surface area contributed by atoms with Crippen LogP contribution >= 0.6 is 11.6 Å². The molecule has 2 N–H and O–H groups in total. The summed E-state index contributed by atoms with van der Waals surface area (Å²) in [6.45, 7) is 0.589. The number of benzene rings is 1. The predicted octanol–water partition coefficient (Wildman–Crippen LogP) is 2.72. The largest absolute Gasteiger partial charge is 0.481 e. The third-order valence-corrected chi connectivity index (χ3v) is 3.27. The lowest BCUT2D eigenvalue weighted by atomic mass is 10.2. The van der Waals surface area contributed by atoms with Crippen molar-refractivity contribution in [2.24, 2.45) is 0 Å². The molecule has 0 fully saturated rings. The molecule has 0 bridgehead atoms. The smallest absolute Gasteiger partial charge is 0.252 e. The van der Waals surface area contributed by atoms with E-state index in [0.717, 1.165) is 11.3 Å². The molecule has 2 rings (SSSR count). The van der Waals surface area contributed by atoms with Crippen LogP contribution in [0, 0.1) is 0 Å². The number of ether oxygens (including phenoxy) is 1. The second-order valence-electron chi connectivity index (χ2n) is 4.34. The van der Waals surface area contributed by atoms with Crippen molar-refractivity contribution in [2.45, 2.75) is 6.54 Å². The third-order valence-electron chi connectivity index (χ3n) is 2.94. The van der Waals surface area contributed by atoms with Gasteiger partial charge < -0.3 is 15.4 Å². The highest BCUT2D eigenvalue weighted by Gasteiger charge is 2.09. The van der Waals surface area contributed by atoms with Crippen LogP contribution < -0.4 is 15.4 Å². The van der Waals surface area contributed by atoms with Gasteiger partial charge in [0.2, 0.25) is 5.88 Å². The number of hydrogen-bond acceptors (Lipinski definition) is 4. The Morgan fingerprint density at radius 2 is 2.14 bits per heavy atom. The highest BCUT2D eigenvalue weighted by molar-refractivity contribution is 6.34. The molecule has 1 aromatic heterocycles. The Hall–Kier alpha value is -2.27. The zero-order valence-electron chi connectivity index (χ0n) is 11.8. The van der Waals surface area contributed by atoms with Gasteiger partial charge in [-0.2, -0.15) is 0 Å². The zero-order chi connectivity index (χ0) is 15.2. The van der Waals surface area contributed by atoms with E-state index in [1.54, 1.807) is 38.6 Å². The molecule has 0 aliphatic heterocycles. The number of halogens is 1. The minimum atomic E-state index is -0.213. The maximum absolute atomic E-state index is 11.7. The minimum Gasteiger partial charge on any atom is -0.481 e. The Balaban J connectivity index is 2.07. The average Bonchev–Trinajstić information content (AvgIpc) is 2.53. The van der Waals surface area contributed by atoms with E-state index in [0.29, 0.717) is 23.0 Å². The van der Waals surface area contributed by atoms with E-state index < -0.39 is 0 Å². The Morgan fingerprint density at radius 1 is 1.33 bits per heavy atom. The first-order valence-electron chi connectivity index (χ1n) is 6.38. The SMILES string of the molecule is CNC(=O)c1cc(NCc2ccc(OC)nc2)ccc1Cl. The molecule has 0 atom stereocenters. The van der Waals surface area contributed by atoms with Crippen LogP contribution in [0.5, 0.6) is 5.88 Å². The van der Waals surface area contributed by atoms with Crippen LogP contribution in [0.4, 0.5) is 5.69 Å². The van der Waals surface area contributed by atoms with Crippen LogP contribution in [-0.2, 0) is 6.54 Å². The topological polar surface area (TPSA) is 63.2 Å². The van der Waals surface area contributed by atoms with E-state index in [-0.39, 0.29) is 5.91 Å². The van der Waals surface area contributed by atoms with Crippen molar-refractivity contribution in [1.82, 2.24) is 10.3 Å². The molecule has 0 unspecified atom stereocenters. The molecule has 21 heavy (non-hydrogen) atoms. The van der Waals surface area contributed by atoms with Crippen molar-refractivity contribution in [3.8, 4) is 5.88 Å². The monoisotopic (exact) mass is 305 g/mol. The van der Waals surface area contributed by atoms with Gasteiger partial charge in [0.15, 0.2) is 0 Å². The maximum atomic E-state index is 11.7. The van der Waals surface area contributed by atoms with Gasteiger partial charge in [-0.1, -0.05) is 17.7 Å². The van der Waals surface area contributed by atoms with Gasteiger partial charge in [0.25, 0.3) is 5.91 Å². The highest BCUT2D eigenvalue weighted by atomic mass is 35.5. The van der Waals surface area contributed by atoms with Gasteiger partial charge in [-0.25, -0.2) is 4.98 Å². The summed E-state index contributed by atoms with van der Waals surface area (Å²) in [5, 5.41) is 6.21. The van der Waals surface area contributed by atoms with Gasteiger partial charge >= 0.3 is 0 Å². The van der Waals surface area contributed by atoms with Gasteiger partial charge in [0.05, 0.1) is 17.7 Å².